The summed E-state index contributed by atoms with van der Waals surface area (Å²) in [7, 11) is 0. The van der Waals surface area contributed by atoms with E-state index in [9.17, 15) is 4.79 Å². The van der Waals surface area contributed by atoms with Crippen LogP contribution in [0.1, 0.15) is 45.4 Å². The Morgan fingerprint density at radius 1 is 1.29 bits per heavy atom. The predicted molar refractivity (Wildman–Crippen MR) is 66.4 cm³/mol. The largest absolute Gasteiger partial charge is 0.456 e. The van der Waals surface area contributed by atoms with Crippen LogP contribution in [-0.2, 0) is 9.53 Å². The first kappa shape index (κ1) is 11.3. The smallest absolute Gasteiger partial charge is 0.330 e. The molecule has 0 spiro atoms. The summed E-state index contributed by atoms with van der Waals surface area (Å²) in [5.41, 5.74) is -0.225. The molecule has 3 fully saturated rings. The second kappa shape index (κ2) is 3.86. The van der Waals surface area contributed by atoms with Crippen molar-refractivity contribution >= 4 is 5.97 Å². The molecule has 5 unspecified atom stereocenters. The third-order valence-electron chi connectivity index (χ3n) is 5.46. The molecule has 0 aromatic rings. The zero-order valence-electron chi connectivity index (χ0n) is 10.7. The van der Waals surface area contributed by atoms with Gasteiger partial charge in [0.15, 0.2) is 0 Å². The summed E-state index contributed by atoms with van der Waals surface area (Å²) >= 11 is 0. The Labute approximate surface area is 103 Å². The molecule has 0 saturated heterocycles. The van der Waals surface area contributed by atoms with Crippen molar-refractivity contribution in [2.24, 2.45) is 23.7 Å². The van der Waals surface area contributed by atoms with Crippen LogP contribution < -0.4 is 0 Å². The maximum Gasteiger partial charge on any atom is 0.330 e. The van der Waals surface area contributed by atoms with Crippen molar-refractivity contribution in [2.75, 3.05) is 0 Å². The van der Waals surface area contributed by atoms with E-state index < -0.39 is 0 Å². The van der Waals surface area contributed by atoms with Gasteiger partial charge >= 0.3 is 5.97 Å². The average molecular weight is 234 g/mol. The minimum absolute atomic E-state index is 0.225. The topological polar surface area (TPSA) is 26.3 Å². The zero-order chi connectivity index (χ0) is 12.0. The first-order valence-corrected chi connectivity index (χ1v) is 6.97. The standard InChI is InChI=1S/C15H22O2/c1-3-14(16)17-15(2)7-6-12-10-4-5-11(8-10)13(12)9-15/h3,10-13H,1,4-9H2,2H3. The van der Waals surface area contributed by atoms with E-state index in [1.807, 2.05) is 0 Å². The molecule has 94 valence electrons. The van der Waals surface area contributed by atoms with Crippen LogP contribution in [0.2, 0.25) is 0 Å². The maximum absolute atomic E-state index is 11.4. The van der Waals surface area contributed by atoms with Crippen LogP contribution in [0.3, 0.4) is 0 Å². The Kier molecular flexibility index (Phi) is 2.57. The predicted octanol–water partition coefficient (Wildman–Crippen LogP) is 3.32. The van der Waals surface area contributed by atoms with Gasteiger partial charge in [-0.15, -0.1) is 0 Å². The highest BCUT2D eigenvalue weighted by Gasteiger charge is 2.52. The number of esters is 1. The minimum atomic E-state index is -0.255. The van der Waals surface area contributed by atoms with Crippen LogP contribution >= 0.6 is 0 Å². The van der Waals surface area contributed by atoms with E-state index in [-0.39, 0.29) is 11.6 Å². The van der Waals surface area contributed by atoms with Crippen LogP contribution in [0.5, 0.6) is 0 Å². The third kappa shape index (κ3) is 1.82. The molecule has 2 nitrogen and oxygen atoms in total. The molecule has 0 heterocycles. The van der Waals surface area contributed by atoms with Gasteiger partial charge in [0.25, 0.3) is 0 Å². The summed E-state index contributed by atoms with van der Waals surface area (Å²) in [5, 5.41) is 0. The summed E-state index contributed by atoms with van der Waals surface area (Å²) < 4.78 is 5.59. The Bertz CT molecular complexity index is 349. The lowest BCUT2D eigenvalue weighted by atomic mass is 9.66. The fourth-order valence-corrected chi connectivity index (χ4v) is 4.75. The summed E-state index contributed by atoms with van der Waals surface area (Å²) in [4.78, 5) is 11.4. The van der Waals surface area contributed by atoms with Gasteiger partial charge in [-0.3, -0.25) is 0 Å². The SMILES string of the molecule is C=CC(=O)OC1(C)CCC2C3CCC(C3)C2C1. The first-order valence-electron chi connectivity index (χ1n) is 6.97. The van der Waals surface area contributed by atoms with Crippen molar-refractivity contribution in [3.05, 3.63) is 12.7 Å². The molecule has 0 aromatic heterocycles. The first-order chi connectivity index (χ1) is 8.11. The van der Waals surface area contributed by atoms with Gasteiger partial charge in [0, 0.05) is 6.08 Å². The molecule has 3 saturated carbocycles. The second-order valence-electron chi connectivity index (χ2n) is 6.48. The zero-order valence-corrected chi connectivity index (χ0v) is 10.7. The van der Waals surface area contributed by atoms with E-state index in [4.69, 9.17) is 4.74 Å². The molecule has 3 aliphatic carbocycles. The summed E-state index contributed by atoms with van der Waals surface area (Å²) in [5.74, 6) is 3.42. The van der Waals surface area contributed by atoms with Gasteiger partial charge in [0.05, 0.1) is 0 Å². The van der Waals surface area contributed by atoms with Crippen LogP contribution in [0.15, 0.2) is 12.7 Å². The van der Waals surface area contributed by atoms with Crippen LogP contribution in [0.25, 0.3) is 0 Å². The molecule has 0 aromatic carbocycles. The van der Waals surface area contributed by atoms with Gasteiger partial charge in [-0.1, -0.05) is 6.58 Å². The van der Waals surface area contributed by atoms with Crippen molar-refractivity contribution in [3.8, 4) is 0 Å². The van der Waals surface area contributed by atoms with Crippen molar-refractivity contribution < 1.29 is 9.53 Å². The highest BCUT2D eigenvalue weighted by molar-refractivity contribution is 5.81. The molecule has 0 aliphatic heterocycles. The normalized spacial score (nSPS) is 47.6. The number of hydrogen-bond donors (Lipinski definition) is 0. The molecule has 0 amide bonds. The Morgan fingerprint density at radius 3 is 2.71 bits per heavy atom. The summed E-state index contributed by atoms with van der Waals surface area (Å²) in [6.45, 7) is 5.60. The van der Waals surface area contributed by atoms with E-state index in [1.54, 1.807) is 0 Å². The second-order valence-corrected chi connectivity index (χ2v) is 6.48. The van der Waals surface area contributed by atoms with E-state index in [0.29, 0.717) is 0 Å². The third-order valence-corrected chi connectivity index (χ3v) is 5.46. The van der Waals surface area contributed by atoms with Gasteiger partial charge in [-0.05, 0) is 69.1 Å². The molecule has 0 radical (unpaired) electrons. The highest BCUT2D eigenvalue weighted by Crippen LogP contribution is 2.59. The van der Waals surface area contributed by atoms with Gasteiger partial charge in [0.2, 0.25) is 0 Å². The molecule has 5 atom stereocenters. The summed E-state index contributed by atoms with van der Waals surface area (Å²) in [6.07, 6.45) is 8.98. The summed E-state index contributed by atoms with van der Waals surface area (Å²) in [6, 6.07) is 0. The molecule has 17 heavy (non-hydrogen) atoms. The fourth-order valence-electron chi connectivity index (χ4n) is 4.75. The van der Waals surface area contributed by atoms with E-state index in [2.05, 4.69) is 13.5 Å². The van der Waals surface area contributed by atoms with Gasteiger partial charge in [-0.2, -0.15) is 0 Å². The monoisotopic (exact) mass is 234 g/mol. The van der Waals surface area contributed by atoms with E-state index in [1.165, 1.54) is 31.8 Å². The van der Waals surface area contributed by atoms with Crippen LogP contribution in [0, 0.1) is 23.7 Å². The van der Waals surface area contributed by atoms with Crippen molar-refractivity contribution in [1.29, 1.82) is 0 Å². The Morgan fingerprint density at radius 2 is 2.00 bits per heavy atom. The van der Waals surface area contributed by atoms with Crippen molar-refractivity contribution in [1.82, 2.24) is 0 Å². The highest BCUT2D eigenvalue weighted by atomic mass is 16.6. The lowest BCUT2D eigenvalue weighted by molar-refractivity contribution is -0.159. The molecule has 2 heteroatoms. The van der Waals surface area contributed by atoms with Crippen molar-refractivity contribution in [3.63, 3.8) is 0 Å². The van der Waals surface area contributed by atoms with Crippen LogP contribution in [-0.4, -0.2) is 11.6 Å². The lowest BCUT2D eigenvalue weighted by Gasteiger charge is -2.44. The van der Waals surface area contributed by atoms with E-state index in [0.717, 1.165) is 36.5 Å². The maximum atomic E-state index is 11.4. The van der Waals surface area contributed by atoms with Gasteiger partial charge < -0.3 is 4.74 Å². The molecule has 3 aliphatic rings. The average Bonchev–Trinajstić information content (AvgIpc) is 2.89. The fraction of sp³-hybridized carbons (Fsp3) is 0.800. The number of fused-ring (bicyclic) bond motifs is 5. The number of rotatable bonds is 2. The number of carbonyl (C=O) groups excluding carboxylic acids is 1. The molecular weight excluding hydrogens is 212 g/mol. The van der Waals surface area contributed by atoms with Gasteiger partial charge in [-0.25, -0.2) is 4.79 Å². The molecule has 0 N–H and O–H groups in total. The van der Waals surface area contributed by atoms with Gasteiger partial charge in [0.1, 0.15) is 5.60 Å². The Hall–Kier alpha value is -0.790. The lowest BCUT2D eigenvalue weighted by Crippen LogP contribution is -2.42. The van der Waals surface area contributed by atoms with Crippen LogP contribution in [0.4, 0.5) is 0 Å². The Balaban J connectivity index is 1.71. The minimum Gasteiger partial charge on any atom is -0.456 e. The molecule has 2 bridgehead atoms. The molecule has 3 rings (SSSR count). The molecular formula is C15H22O2. The van der Waals surface area contributed by atoms with Crippen molar-refractivity contribution in [2.45, 2.75) is 51.0 Å². The van der Waals surface area contributed by atoms with E-state index >= 15 is 0 Å². The quantitative estimate of drug-likeness (QED) is 0.541. The number of ether oxygens (including phenoxy) is 1. The number of carbonyl (C=O) groups is 1. The number of hydrogen-bond acceptors (Lipinski definition) is 2.